The number of nitrogens with one attached hydrogen (secondary N) is 1. The summed E-state index contributed by atoms with van der Waals surface area (Å²) >= 11 is 0. The third kappa shape index (κ3) is 3.45. The fraction of sp³-hybridized carbons (Fsp3) is 0.846. The number of hydrogen-bond donors (Lipinski definition) is 3. The van der Waals surface area contributed by atoms with Gasteiger partial charge in [-0.25, -0.2) is 4.79 Å². The molecule has 1 fully saturated rings. The highest BCUT2D eigenvalue weighted by atomic mass is 16.4. The van der Waals surface area contributed by atoms with Gasteiger partial charge in [-0.1, -0.05) is 26.7 Å². The highest BCUT2D eigenvalue weighted by molar-refractivity contribution is 5.85. The summed E-state index contributed by atoms with van der Waals surface area (Å²) in [5.74, 6) is -1.63. The number of carbonyl (C=O) groups is 2. The Balaban J connectivity index is 2.71. The van der Waals surface area contributed by atoms with E-state index in [1.165, 1.54) is 6.92 Å². The van der Waals surface area contributed by atoms with Crippen molar-refractivity contribution >= 4 is 11.9 Å². The number of carboxylic acid groups (broad SMARTS) is 1. The molecule has 0 aliphatic heterocycles. The molecule has 0 saturated heterocycles. The van der Waals surface area contributed by atoms with Crippen molar-refractivity contribution in [2.75, 3.05) is 0 Å². The monoisotopic (exact) mass is 257 g/mol. The molecule has 0 aromatic carbocycles. The van der Waals surface area contributed by atoms with Crippen LogP contribution in [0.5, 0.6) is 0 Å². The lowest BCUT2D eigenvalue weighted by molar-refractivity contribution is -0.146. The number of carbonyl (C=O) groups excluding carboxylic acids is 1. The van der Waals surface area contributed by atoms with Crippen LogP contribution >= 0.6 is 0 Å². The first-order chi connectivity index (χ1) is 8.25. The zero-order valence-electron chi connectivity index (χ0n) is 11.3. The zero-order chi connectivity index (χ0) is 13.9. The van der Waals surface area contributed by atoms with Crippen molar-refractivity contribution in [1.82, 2.24) is 5.32 Å². The predicted molar refractivity (Wildman–Crippen MR) is 67.0 cm³/mol. The highest BCUT2D eigenvalue weighted by Gasteiger charge is 2.39. The average molecular weight is 257 g/mol. The number of aliphatic carboxylic acids is 1. The molecular weight excluding hydrogens is 234 g/mol. The van der Waals surface area contributed by atoms with Crippen LogP contribution in [-0.4, -0.2) is 34.2 Å². The quantitative estimate of drug-likeness (QED) is 0.705. The Morgan fingerprint density at radius 1 is 1.33 bits per heavy atom. The summed E-state index contributed by atoms with van der Waals surface area (Å²) < 4.78 is 0. The summed E-state index contributed by atoms with van der Waals surface area (Å²) in [6.07, 6.45) is 2.75. The molecule has 0 aromatic heterocycles. The third-order valence-electron chi connectivity index (χ3n) is 3.87. The van der Waals surface area contributed by atoms with Gasteiger partial charge in [-0.2, -0.15) is 0 Å². The fourth-order valence-electron chi connectivity index (χ4n) is 2.62. The number of rotatable bonds is 4. The zero-order valence-corrected chi connectivity index (χ0v) is 11.3. The van der Waals surface area contributed by atoms with E-state index in [1.54, 1.807) is 0 Å². The van der Waals surface area contributed by atoms with Gasteiger partial charge in [-0.05, 0) is 25.2 Å². The summed E-state index contributed by atoms with van der Waals surface area (Å²) in [5.41, 5.74) is -0.107. The van der Waals surface area contributed by atoms with Crippen LogP contribution in [0.1, 0.15) is 46.5 Å². The molecule has 0 bridgehead atoms. The van der Waals surface area contributed by atoms with E-state index < -0.39 is 18.1 Å². The molecule has 1 aliphatic rings. The second-order valence-electron chi connectivity index (χ2n) is 5.85. The summed E-state index contributed by atoms with van der Waals surface area (Å²) in [6.45, 7) is 5.44. The molecule has 0 aromatic rings. The SMILES string of the molecule is C[C@@H](O)[C@H](NC(=O)C1CCCCC1(C)C)C(=O)O. The highest BCUT2D eigenvalue weighted by Crippen LogP contribution is 2.40. The van der Waals surface area contributed by atoms with Gasteiger partial charge in [0.15, 0.2) is 6.04 Å². The standard InChI is InChI=1S/C13H23NO4/c1-8(15)10(12(17)18)14-11(16)9-6-4-5-7-13(9,2)3/h8-10,15H,4-7H2,1-3H3,(H,14,16)(H,17,18)/t8-,9?,10+/m1/s1. The van der Waals surface area contributed by atoms with E-state index >= 15 is 0 Å². The summed E-state index contributed by atoms with van der Waals surface area (Å²) in [6, 6.07) is -1.23. The molecule has 0 radical (unpaired) electrons. The van der Waals surface area contributed by atoms with Crippen molar-refractivity contribution in [3.63, 3.8) is 0 Å². The molecule has 1 unspecified atom stereocenters. The molecule has 5 heteroatoms. The molecule has 1 rings (SSSR count). The van der Waals surface area contributed by atoms with Gasteiger partial charge in [0.05, 0.1) is 6.10 Å². The van der Waals surface area contributed by atoms with Crippen molar-refractivity contribution in [3.05, 3.63) is 0 Å². The Hall–Kier alpha value is -1.10. The molecular formula is C13H23NO4. The molecule has 5 nitrogen and oxygen atoms in total. The van der Waals surface area contributed by atoms with Crippen molar-refractivity contribution in [3.8, 4) is 0 Å². The fourth-order valence-corrected chi connectivity index (χ4v) is 2.62. The van der Waals surface area contributed by atoms with E-state index in [2.05, 4.69) is 5.32 Å². The van der Waals surface area contributed by atoms with Gasteiger partial charge in [-0.3, -0.25) is 4.79 Å². The number of carboxylic acids is 1. The minimum absolute atomic E-state index is 0.107. The van der Waals surface area contributed by atoms with Crippen LogP contribution in [0.4, 0.5) is 0 Å². The van der Waals surface area contributed by atoms with E-state index in [9.17, 15) is 14.7 Å². The van der Waals surface area contributed by atoms with Crippen LogP contribution in [0.3, 0.4) is 0 Å². The molecule has 3 N–H and O–H groups in total. The maximum absolute atomic E-state index is 12.1. The van der Waals surface area contributed by atoms with Gasteiger partial charge in [0.2, 0.25) is 5.91 Å². The van der Waals surface area contributed by atoms with Crippen molar-refractivity contribution in [2.45, 2.75) is 58.6 Å². The van der Waals surface area contributed by atoms with Crippen molar-refractivity contribution < 1.29 is 19.8 Å². The average Bonchev–Trinajstić information content (AvgIpc) is 2.23. The minimum atomic E-state index is -1.23. The Morgan fingerprint density at radius 3 is 2.39 bits per heavy atom. The van der Waals surface area contributed by atoms with E-state index in [-0.39, 0.29) is 17.2 Å². The second-order valence-corrected chi connectivity index (χ2v) is 5.85. The molecule has 0 heterocycles. The number of aliphatic hydroxyl groups excluding tert-OH is 1. The maximum atomic E-state index is 12.1. The first kappa shape index (κ1) is 15.0. The van der Waals surface area contributed by atoms with Crippen molar-refractivity contribution in [1.29, 1.82) is 0 Å². The molecule has 1 amide bonds. The maximum Gasteiger partial charge on any atom is 0.328 e. The summed E-state index contributed by atoms with van der Waals surface area (Å²) in [7, 11) is 0. The number of hydrogen-bond acceptors (Lipinski definition) is 3. The van der Waals surface area contributed by atoms with Crippen LogP contribution in [0.15, 0.2) is 0 Å². The van der Waals surface area contributed by atoms with Crippen molar-refractivity contribution in [2.24, 2.45) is 11.3 Å². The lowest BCUT2D eigenvalue weighted by Crippen LogP contribution is -2.52. The first-order valence-corrected chi connectivity index (χ1v) is 6.47. The largest absolute Gasteiger partial charge is 0.480 e. The van der Waals surface area contributed by atoms with Gasteiger partial charge in [-0.15, -0.1) is 0 Å². The molecule has 0 spiro atoms. The van der Waals surface area contributed by atoms with Crippen LogP contribution in [0.25, 0.3) is 0 Å². The Bertz CT molecular complexity index is 325. The molecule has 1 aliphatic carbocycles. The third-order valence-corrected chi connectivity index (χ3v) is 3.87. The first-order valence-electron chi connectivity index (χ1n) is 6.47. The minimum Gasteiger partial charge on any atom is -0.480 e. The topological polar surface area (TPSA) is 86.6 Å². The van der Waals surface area contributed by atoms with Crippen LogP contribution in [0, 0.1) is 11.3 Å². The summed E-state index contributed by atoms with van der Waals surface area (Å²) in [4.78, 5) is 23.1. The normalized spacial score (nSPS) is 26.1. The van der Waals surface area contributed by atoms with Gasteiger partial charge in [0.1, 0.15) is 0 Å². The molecule has 1 saturated carbocycles. The lowest BCUT2D eigenvalue weighted by atomic mass is 9.68. The Morgan fingerprint density at radius 2 is 1.94 bits per heavy atom. The molecule has 3 atom stereocenters. The second kappa shape index (κ2) is 5.69. The van der Waals surface area contributed by atoms with Crippen LogP contribution < -0.4 is 5.32 Å². The Labute approximate surface area is 108 Å². The van der Waals surface area contributed by atoms with Crippen LogP contribution in [-0.2, 0) is 9.59 Å². The Kier molecular flexibility index (Phi) is 4.73. The number of amides is 1. The van der Waals surface area contributed by atoms with E-state index in [4.69, 9.17) is 5.11 Å². The number of aliphatic hydroxyl groups is 1. The molecule has 104 valence electrons. The predicted octanol–water partition coefficient (Wildman–Crippen LogP) is 1.15. The van der Waals surface area contributed by atoms with E-state index in [0.717, 1.165) is 25.7 Å². The van der Waals surface area contributed by atoms with E-state index in [1.807, 2.05) is 13.8 Å². The van der Waals surface area contributed by atoms with Gasteiger partial charge in [0, 0.05) is 5.92 Å². The molecule has 18 heavy (non-hydrogen) atoms. The summed E-state index contributed by atoms with van der Waals surface area (Å²) in [5, 5.41) is 20.8. The van der Waals surface area contributed by atoms with Crippen LogP contribution in [0.2, 0.25) is 0 Å². The van der Waals surface area contributed by atoms with E-state index in [0.29, 0.717) is 0 Å². The smallest absolute Gasteiger partial charge is 0.328 e. The van der Waals surface area contributed by atoms with Gasteiger partial charge >= 0.3 is 5.97 Å². The van der Waals surface area contributed by atoms with Gasteiger partial charge < -0.3 is 15.5 Å². The van der Waals surface area contributed by atoms with Gasteiger partial charge in [0.25, 0.3) is 0 Å². The lowest BCUT2D eigenvalue weighted by Gasteiger charge is -2.38.